The summed E-state index contributed by atoms with van der Waals surface area (Å²) in [6, 6.07) is 6.87. The zero-order chi connectivity index (χ0) is 14.4. The Balaban J connectivity index is 2.10. The summed E-state index contributed by atoms with van der Waals surface area (Å²) in [6.07, 6.45) is 4.14. The van der Waals surface area contributed by atoms with Crippen LogP contribution < -0.4 is 10.1 Å². The Bertz CT molecular complexity index is 416. The topological polar surface area (TPSA) is 50.7 Å². The van der Waals surface area contributed by atoms with E-state index in [1.54, 1.807) is 14.2 Å². The van der Waals surface area contributed by atoms with Gasteiger partial charge in [-0.25, -0.2) is 0 Å². The number of aliphatic hydroxyl groups is 1. The molecule has 0 spiro atoms. The molecule has 1 aromatic rings. The van der Waals surface area contributed by atoms with E-state index in [0.717, 1.165) is 25.0 Å². The van der Waals surface area contributed by atoms with Gasteiger partial charge < -0.3 is 19.9 Å². The van der Waals surface area contributed by atoms with Crippen molar-refractivity contribution in [3.05, 3.63) is 29.3 Å². The molecule has 20 heavy (non-hydrogen) atoms. The van der Waals surface area contributed by atoms with E-state index in [0.29, 0.717) is 12.6 Å². The van der Waals surface area contributed by atoms with Gasteiger partial charge in [-0.05, 0) is 48.9 Å². The summed E-state index contributed by atoms with van der Waals surface area (Å²) in [5.41, 5.74) is 2.73. The molecule has 0 bridgehead atoms. The monoisotopic (exact) mass is 279 g/mol. The molecule has 2 N–H and O–H groups in total. The standard InChI is InChI=1S/C16H25NO3/c1-19-11-13(8-9-18)17-16-5-3-4-12-10-14(20-2)6-7-15(12)16/h6-7,10,13,16-18H,3-5,8-9,11H2,1-2H3. The summed E-state index contributed by atoms with van der Waals surface area (Å²) in [6.45, 7) is 0.811. The number of ether oxygens (including phenoxy) is 2. The van der Waals surface area contributed by atoms with Crippen LogP contribution in [-0.4, -0.2) is 38.6 Å². The molecule has 1 aliphatic carbocycles. The van der Waals surface area contributed by atoms with Crippen LogP contribution in [0.3, 0.4) is 0 Å². The third-order valence-corrected chi connectivity index (χ3v) is 3.95. The number of rotatable bonds is 7. The van der Waals surface area contributed by atoms with Gasteiger partial charge in [0.2, 0.25) is 0 Å². The highest BCUT2D eigenvalue weighted by Gasteiger charge is 2.23. The largest absolute Gasteiger partial charge is 0.497 e. The maximum absolute atomic E-state index is 9.14. The molecule has 1 aliphatic rings. The van der Waals surface area contributed by atoms with Gasteiger partial charge in [0, 0.05) is 25.8 Å². The highest BCUT2D eigenvalue weighted by molar-refractivity contribution is 5.39. The highest BCUT2D eigenvalue weighted by Crippen LogP contribution is 2.32. The molecule has 0 saturated carbocycles. The van der Waals surface area contributed by atoms with Crippen LogP contribution in [0.4, 0.5) is 0 Å². The average Bonchev–Trinajstić information content (AvgIpc) is 2.47. The Morgan fingerprint density at radius 3 is 2.95 bits per heavy atom. The molecule has 0 radical (unpaired) electrons. The number of hydrogen-bond donors (Lipinski definition) is 2. The first kappa shape index (κ1) is 15.3. The molecule has 0 aromatic heterocycles. The zero-order valence-electron chi connectivity index (χ0n) is 12.4. The van der Waals surface area contributed by atoms with E-state index in [9.17, 15) is 0 Å². The fraction of sp³-hybridized carbons (Fsp3) is 0.625. The molecule has 112 valence electrons. The predicted octanol–water partition coefficient (Wildman–Crippen LogP) is 2.06. The van der Waals surface area contributed by atoms with Crippen molar-refractivity contribution in [1.82, 2.24) is 5.32 Å². The molecule has 0 fully saturated rings. The molecule has 2 rings (SSSR count). The lowest BCUT2D eigenvalue weighted by Crippen LogP contribution is -2.38. The smallest absolute Gasteiger partial charge is 0.119 e. The second-order valence-corrected chi connectivity index (χ2v) is 5.34. The Kier molecular flexibility index (Phi) is 5.83. The molecule has 2 atom stereocenters. The molecule has 2 unspecified atom stereocenters. The number of aryl methyl sites for hydroxylation is 1. The van der Waals surface area contributed by atoms with Crippen LogP contribution in [0, 0.1) is 0 Å². The van der Waals surface area contributed by atoms with Crippen LogP contribution >= 0.6 is 0 Å². The summed E-state index contributed by atoms with van der Waals surface area (Å²) < 4.78 is 10.5. The van der Waals surface area contributed by atoms with Crippen molar-refractivity contribution in [3.8, 4) is 5.75 Å². The van der Waals surface area contributed by atoms with Crippen LogP contribution in [0.5, 0.6) is 5.75 Å². The molecule has 0 aliphatic heterocycles. The molecule has 4 heteroatoms. The minimum atomic E-state index is 0.184. The van der Waals surface area contributed by atoms with Crippen LogP contribution in [0.1, 0.15) is 36.4 Å². The first-order valence-corrected chi connectivity index (χ1v) is 7.31. The van der Waals surface area contributed by atoms with Gasteiger partial charge in [0.25, 0.3) is 0 Å². The number of benzene rings is 1. The van der Waals surface area contributed by atoms with Crippen molar-refractivity contribution in [2.75, 3.05) is 27.4 Å². The van der Waals surface area contributed by atoms with Crippen LogP contribution in [0.25, 0.3) is 0 Å². The van der Waals surface area contributed by atoms with Gasteiger partial charge in [0.1, 0.15) is 5.75 Å². The predicted molar refractivity (Wildman–Crippen MR) is 79.2 cm³/mol. The molecule has 4 nitrogen and oxygen atoms in total. The summed E-state index contributed by atoms with van der Waals surface area (Å²) in [5, 5.41) is 12.8. The second-order valence-electron chi connectivity index (χ2n) is 5.34. The lowest BCUT2D eigenvalue weighted by Gasteiger charge is -2.30. The number of fused-ring (bicyclic) bond motifs is 1. The number of nitrogens with one attached hydrogen (secondary N) is 1. The first-order chi connectivity index (χ1) is 9.78. The Morgan fingerprint density at radius 2 is 2.25 bits per heavy atom. The summed E-state index contributed by atoms with van der Waals surface area (Å²) in [7, 11) is 3.40. The Morgan fingerprint density at radius 1 is 1.40 bits per heavy atom. The molecular formula is C16H25NO3. The number of hydrogen-bond acceptors (Lipinski definition) is 4. The minimum absolute atomic E-state index is 0.184. The van der Waals surface area contributed by atoms with Crippen molar-refractivity contribution in [3.63, 3.8) is 0 Å². The SMILES string of the molecule is COCC(CCO)NC1CCCc2cc(OC)ccc21. The van der Waals surface area contributed by atoms with E-state index in [-0.39, 0.29) is 12.6 Å². The molecule has 1 aromatic carbocycles. The Labute approximate surface area is 121 Å². The number of methoxy groups -OCH3 is 2. The van der Waals surface area contributed by atoms with Gasteiger partial charge in [0.05, 0.1) is 13.7 Å². The van der Waals surface area contributed by atoms with Crippen molar-refractivity contribution in [2.24, 2.45) is 0 Å². The normalized spacial score (nSPS) is 19.4. The first-order valence-electron chi connectivity index (χ1n) is 7.31. The molecule has 0 amide bonds. The van der Waals surface area contributed by atoms with E-state index in [1.165, 1.54) is 17.5 Å². The van der Waals surface area contributed by atoms with Crippen LogP contribution in [0.15, 0.2) is 18.2 Å². The van der Waals surface area contributed by atoms with Gasteiger partial charge in [-0.2, -0.15) is 0 Å². The van der Waals surface area contributed by atoms with Crippen molar-refractivity contribution in [2.45, 2.75) is 37.8 Å². The number of aliphatic hydroxyl groups excluding tert-OH is 1. The van der Waals surface area contributed by atoms with Gasteiger partial charge in [-0.15, -0.1) is 0 Å². The lowest BCUT2D eigenvalue weighted by molar-refractivity contribution is 0.140. The van der Waals surface area contributed by atoms with Gasteiger partial charge in [-0.1, -0.05) is 6.07 Å². The van der Waals surface area contributed by atoms with E-state index >= 15 is 0 Å². The summed E-state index contributed by atoms with van der Waals surface area (Å²) in [5.74, 6) is 0.924. The zero-order valence-corrected chi connectivity index (χ0v) is 12.4. The Hall–Kier alpha value is -1.10. The van der Waals surface area contributed by atoms with Crippen molar-refractivity contribution < 1.29 is 14.6 Å². The fourth-order valence-corrected chi connectivity index (χ4v) is 2.95. The van der Waals surface area contributed by atoms with Gasteiger partial charge in [-0.3, -0.25) is 0 Å². The van der Waals surface area contributed by atoms with Crippen LogP contribution in [-0.2, 0) is 11.2 Å². The quantitative estimate of drug-likeness (QED) is 0.802. The van der Waals surface area contributed by atoms with Crippen LogP contribution in [0.2, 0.25) is 0 Å². The fourth-order valence-electron chi connectivity index (χ4n) is 2.95. The van der Waals surface area contributed by atoms with Crippen molar-refractivity contribution >= 4 is 0 Å². The molecular weight excluding hydrogens is 254 g/mol. The van der Waals surface area contributed by atoms with Gasteiger partial charge in [0.15, 0.2) is 0 Å². The minimum Gasteiger partial charge on any atom is -0.497 e. The third kappa shape index (κ3) is 3.72. The third-order valence-electron chi connectivity index (χ3n) is 3.95. The van der Waals surface area contributed by atoms with E-state index < -0.39 is 0 Å². The summed E-state index contributed by atoms with van der Waals surface area (Å²) >= 11 is 0. The summed E-state index contributed by atoms with van der Waals surface area (Å²) in [4.78, 5) is 0. The maximum Gasteiger partial charge on any atom is 0.119 e. The lowest BCUT2D eigenvalue weighted by atomic mass is 9.87. The highest BCUT2D eigenvalue weighted by atomic mass is 16.5. The van der Waals surface area contributed by atoms with E-state index in [2.05, 4.69) is 17.4 Å². The van der Waals surface area contributed by atoms with E-state index in [4.69, 9.17) is 14.6 Å². The van der Waals surface area contributed by atoms with Crippen molar-refractivity contribution in [1.29, 1.82) is 0 Å². The van der Waals surface area contributed by atoms with E-state index in [1.807, 2.05) is 6.07 Å². The average molecular weight is 279 g/mol. The van der Waals surface area contributed by atoms with Gasteiger partial charge >= 0.3 is 0 Å². The maximum atomic E-state index is 9.14. The second kappa shape index (κ2) is 7.62. The molecule has 0 heterocycles. The molecule has 0 saturated heterocycles.